The van der Waals surface area contributed by atoms with E-state index >= 15 is 0 Å². The van der Waals surface area contributed by atoms with Gasteiger partial charge in [0.2, 0.25) is 0 Å². The van der Waals surface area contributed by atoms with Crippen LogP contribution in [0.15, 0.2) is 18.2 Å². The number of nitrogens with zero attached hydrogens (tertiary/aromatic N) is 1. The fourth-order valence-corrected chi connectivity index (χ4v) is 1.15. The summed E-state index contributed by atoms with van der Waals surface area (Å²) in [6.45, 7) is 2.45. The molecule has 0 aliphatic rings. The van der Waals surface area contributed by atoms with Crippen LogP contribution in [0.25, 0.3) is 0 Å². The van der Waals surface area contributed by atoms with Crippen molar-refractivity contribution in [3.8, 4) is 6.07 Å². The summed E-state index contributed by atoms with van der Waals surface area (Å²) in [4.78, 5) is 11.3. The Morgan fingerprint density at radius 3 is 2.94 bits per heavy atom. The van der Waals surface area contributed by atoms with Gasteiger partial charge in [-0.05, 0) is 18.6 Å². The molecule has 0 saturated heterocycles. The predicted molar refractivity (Wildman–Crippen MR) is 58.4 cm³/mol. The zero-order valence-corrected chi connectivity index (χ0v) is 8.88. The molecule has 1 aromatic carbocycles. The standard InChI is InChI=1S/C11H12FN3O/c1-2-6-14-11(16)15-10-5-3-4-9(12)8(10)7-13/h3-5H,2,6H2,1H3,(H2,14,15,16). The highest BCUT2D eigenvalue weighted by atomic mass is 19.1. The summed E-state index contributed by atoms with van der Waals surface area (Å²) in [5.74, 6) is -0.643. The number of carbonyl (C=O) groups excluding carboxylic acids is 1. The highest BCUT2D eigenvalue weighted by molar-refractivity contribution is 5.90. The first-order chi connectivity index (χ1) is 7.69. The van der Waals surface area contributed by atoms with Gasteiger partial charge >= 0.3 is 6.03 Å². The third-order valence-electron chi connectivity index (χ3n) is 1.91. The molecule has 0 aliphatic heterocycles. The van der Waals surface area contributed by atoms with E-state index in [0.717, 1.165) is 6.42 Å². The molecular formula is C11H12FN3O. The second kappa shape index (κ2) is 5.71. The summed E-state index contributed by atoms with van der Waals surface area (Å²) in [6.07, 6.45) is 0.807. The van der Waals surface area contributed by atoms with E-state index in [1.54, 1.807) is 6.07 Å². The van der Waals surface area contributed by atoms with E-state index in [1.807, 2.05) is 6.92 Å². The van der Waals surface area contributed by atoms with Crippen LogP contribution in [0, 0.1) is 17.1 Å². The number of carbonyl (C=O) groups is 1. The molecule has 1 aromatic rings. The third kappa shape index (κ3) is 2.95. The van der Waals surface area contributed by atoms with E-state index in [9.17, 15) is 9.18 Å². The van der Waals surface area contributed by atoms with Gasteiger partial charge in [0.1, 0.15) is 17.4 Å². The number of amides is 2. The maximum absolute atomic E-state index is 13.2. The molecule has 0 aliphatic carbocycles. The van der Waals surface area contributed by atoms with Gasteiger partial charge in [-0.3, -0.25) is 0 Å². The number of nitrogens with one attached hydrogen (secondary N) is 2. The third-order valence-corrected chi connectivity index (χ3v) is 1.91. The van der Waals surface area contributed by atoms with Gasteiger partial charge in [-0.25, -0.2) is 9.18 Å². The van der Waals surface area contributed by atoms with Crippen molar-refractivity contribution in [2.24, 2.45) is 0 Å². The summed E-state index contributed by atoms with van der Waals surface area (Å²) >= 11 is 0. The molecule has 0 aromatic heterocycles. The van der Waals surface area contributed by atoms with E-state index in [2.05, 4.69) is 10.6 Å². The molecule has 16 heavy (non-hydrogen) atoms. The zero-order valence-electron chi connectivity index (χ0n) is 8.88. The monoisotopic (exact) mass is 221 g/mol. The second-order valence-electron chi connectivity index (χ2n) is 3.16. The molecule has 2 amide bonds. The van der Waals surface area contributed by atoms with Crippen molar-refractivity contribution in [1.82, 2.24) is 5.32 Å². The number of halogens is 1. The minimum atomic E-state index is -0.643. The van der Waals surface area contributed by atoms with E-state index in [0.29, 0.717) is 6.54 Å². The molecule has 0 unspecified atom stereocenters. The number of rotatable bonds is 3. The lowest BCUT2D eigenvalue weighted by Crippen LogP contribution is -2.29. The summed E-state index contributed by atoms with van der Waals surface area (Å²) in [6, 6.07) is 5.36. The Balaban J connectivity index is 2.78. The zero-order chi connectivity index (χ0) is 12.0. The lowest BCUT2D eigenvalue weighted by molar-refractivity contribution is 0.252. The first-order valence-electron chi connectivity index (χ1n) is 4.92. The minimum absolute atomic E-state index is 0.158. The van der Waals surface area contributed by atoms with Gasteiger partial charge in [-0.2, -0.15) is 5.26 Å². The van der Waals surface area contributed by atoms with Crippen LogP contribution >= 0.6 is 0 Å². The molecule has 0 fully saturated rings. The van der Waals surface area contributed by atoms with Crippen LogP contribution in [0.1, 0.15) is 18.9 Å². The van der Waals surface area contributed by atoms with Crippen molar-refractivity contribution in [3.63, 3.8) is 0 Å². The fraction of sp³-hybridized carbons (Fsp3) is 0.273. The maximum atomic E-state index is 13.2. The molecule has 0 atom stereocenters. The molecule has 84 valence electrons. The minimum Gasteiger partial charge on any atom is -0.338 e. The van der Waals surface area contributed by atoms with Crippen LogP contribution in [-0.2, 0) is 0 Å². The molecule has 0 spiro atoms. The van der Waals surface area contributed by atoms with Crippen LogP contribution in [0.4, 0.5) is 14.9 Å². The molecule has 0 bridgehead atoms. The number of anilines is 1. The van der Waals surface area contributed by atoms with Gasteiger partial charge in [0.15, 0.2) is 0 Å². The lowest BCUT2D eigenvalue weighted by atomic mass is 10.2. The Labute approximate surface area is 93.1 Å². The van der Waals surface area contributed by atoms with E-state index in [4.69, 9.17) is 5.26 Å². The quantitative estimate of drug-likeness (QED) is 0.821. The first kappa shape index (κ1) is 12.0. The average molecular weight is 221 g/mol. The number of nitriles is 1. The van der Waals surface area contributed by atoms with Gasteiger partial charge in [0.05, 0.1) is 5.69 Å². The van der Waals surface area contributed by atoms with Gasteiger partial charge in [-0.15, -0.1) is 0 Å². The molecule has 4 nitrogen and oxygen atoms in total. The fourth-order valence-electron chi connectivity index (χ4n) is 1.15. The smallest absolute Gasteiger partial charge is 0.319 e. The van der Waals surface area contributed by atoms with Crippen molar-refractivity contribution in [3.05, 3.63) is 29.6 Å². The van der Waals surface area contributed by atoms with Crippen LogP contribution in [0.2, 0.25) is 0 Å². The van der Waals surface area contributed by atoms with E-state index < -0.39 is 11.8 Å². The number of benzene rings is 1. The summed E-state index contributed by atoms with van der Waals surface area (Å²) < 4.78 is 13.2. The van der Waals surface area contributed by atoms with Crippen molar-refractivity contribution >= 4 is 11.7 Å². The van der Waals surface area contributed by atoms with Gasteiger partial charge < -0.3 is 10.6 Å². The van der Waals surface area contributed by atoms with Crippen molar-refractivity contribution in [1.29, 1.82) is 5.26 Å². The van der Waals surface area contributed by atoms with Crippen LogP contribution in [-0.4, -0.2) is 12.6 Å². The first-order valence-corrected chi connectivity index (χ1v) is 4.92. The molecule has 0 radical (unpaired) electrons. The molecule has 0 saturated carbocycles. The largest absolute Gasteiger partial charge is 0.338 e. The second-order valence-corrected chi connectivity index (χ2v) is 3.16. The maximum Gasteiger partial charge on any atom is 0.319 e. The predicted octanol–water partition coefficient (Wildman–Crippen LogP) is 2.23. The Kier molecular flexibility index (Phi) is 4.28. The number of urea groups is 1. The van der Waals surface area contributed by atoms with E-state index in [-0.39, 0.29) is 11.3 Å². The molecule has 2 N–H and O–H groups in total. The molecular weight excluding hydrogens is 209 g/mol. The summed E-state index contributed by atoms with van der Waals surface area (Å²) in [7, 11) is 0. The molecule has 0 heterocycles. The summed E-state index contributed by atoms with van der Waals surface area (Å²) in [5, 5.41) is 13.7. The normalized spacial score (nSPS) is 9.31. The Morgan fingerprint density at radius 2 is 2.31 bits per heavy atom. The highest BCUT2D eigenvalue weighted by Crippen LogP contribution is 2.17. The van der Waals surface area contributed by atoms with Gasteiger partial charge in [0.25, 0.3) is 0 Å². The van der Waals surface area contributed by atoms with Crippen LogP contribution in [0.5, 0.6) is 0 Å². The van der Waals surface area contributed by atoms with Crippen molar-refractivity contribution in [2.75, 3.05) is 11.9 Å². The summed E-state index contributed by atoms with van der Waals surface area (Å²) in [5.41, 5.74) is 0.0188. The van der Waals surface area contributed by atoms with E-state index in [1.165, 1.54) is 18.2 Å². The highest BCUT2D eigenvalue weighted by Gasteiger charge is 2.09. The Bertz CT molecular complexity index is 426. The number of hydrogen-bond donors (Lipinski definition) is 2. The lowest BCUT2D eigenvalue weighted by Gasteiger charge is -2.08. The van der Waals surface area contributed by atoms with Gasteiger partial charge in [0, 0.05) is 6.54 Å². The van der Waals surface area contributed by atoms with Crippen LogP contribution in [0.3, 0.4) is 0 Å². The molecule has 1 rings (SSSR count). The SMILES string of the molecule is CCCNC(=O)Nc1cccc(F)c1C#N. The Hall–Kier alpha value is -2.09. The van der Waals surface area contributed by atoms with Crippen LogP contribution < -0.4 is 10.6 Å². The van der Waals surface area contributed by atoms with Crippen molar-refractivity contribution < 1.29 is 9.18 Å². The topological polar surface area (TPSA) is 64.9 Å². The Morgan fingerprint density at radius 1 is 1.56 bits per heavy atom. The number of hydrogen-bond acceptors (Lipinski definition) is 2. The van der Waals surface area contributed by atoms with Crippen molar-refractivity contribution in [2.45, 2.75) is 13.3 Å². The molecule has 5 heteroatoms. The van der Waals surface area contributed by atoms with Gasteiger partial charge in [-0.1, -0.05) is 13.0 Å². The average Bonchev–Trinajstić information content (AvgIpc) is 2.27.